The number of pyridine rings is 1. The lowest BCUT2D eigenvalue weighted by Gasteiger charge is -2.35. The van der Waals surface area contributed by atoms with Crippen LogP contribution >= 0.6 is 15.9 Å². The summed E-state index contributed by atoms with van der Waals surface area (Å²) >= 11 is 3.52. The maximum absolute atomic E-state index is 9.19. The first-order valence-corrected chi connectivity index (χ1v) is 5.52. The molecule has 1 fully saturated rings. The van der Waals surface area contributed by atoms with Gasteiger partial charge in [0.1, 0.15) is 5.41 Å². The van der Waals surface area contributed by atoms with Crippen LogP contribution in [0, 0.1) is 18.3 Å². The van der Waals surface area contributed by atoms with Crippen LogP contribution in [0.5, 0.6) is 0 Å². The third-order valence-corrected chi connectivity index (χ3v) is 3.96. The SMILES string of the molecule is Cc1ccnc(C2(C#N)CCC2)c1Br. The number of aryl methyl sites for hydroxylation is 1. The van der Waals surface area contributed by atoms with E-state index < -0.39 is 0 Å². The van der Waals surface area contributed by atoms with Crippen LogP contribution in [0.2, 0.25) is 0 Å². The molecule has 0 aromatic carbocycles. The molecule has 0 radical (unpaired) electrons. The van der Waals surface area contributed by atoms with Gasteiger partial charge in [-0.2, -0.15) is 5.26 Å². The molecule has 2 rings (SSSR count). The fourth-order valence-corrected chi connectivity index (χ4v) is 2.42. The highest BCUT2D eigenvalue weighted by Gasteiger charge is 2.41. The molecular weight excluding hydrogens is 240 g/mol. The highest BCUT2D eigenvalue weighted by Crippen LogP contribution is 2.45. The van der Waals surface area contributed by atoms with E-state index in [1.807, 2.05) is 13.0 Å². The second-order valence-electron chi connectivity index (χ2n) is 3.84. The third kappa shape index (κ3) is 1.26. The molecule has 2 nitrogen and oxygen atoms in total. The van der Waals surface area contributed by atoms with E-state index in [0.717, 1.165) is 35.0 Å². The van der Waals surface area contributed by atoms with Gasteiger partial charge in [-0.1, -0.05) is 0 Å². The topological polar surface area (TPSA) is 36.7 Å². The maximum atomic E-state index is 9.19. The lowest BCUT2D eigenvalue weighted by atomic mass is 9.67. The van der Waals surface area contributed by atoms with E-state index in [1.54, 1.807) is 6.20 Å². The maximum Gasteiger partial charge on any atom is 0.100 e. The summed E-state index contributed by atoms with van der Waals surface area (Å²) < 4.78 is 1.00. The van der Waals surface area contributed by atoms with Crippen molar-refractivity contribution >= 4 is 15.9 Å². The quantitative estimate of drug-likeness (QED) is 0.768. The van der Waals surface area contributed by atoms with Gasteiger partial charge in [0.2, 0.25) is 0 Å². The van der Waals surface area contributed by atoms with Crippen molar-refractivity contribution in [3.63, 3.8) is 0 Å². The van der Waals surface area contributed by atoms with E-state index in [0.29, 0.717) is 0 Å². The summed E-state index contributed by atoms with van der Waals surface area (Å²) in [4.78, 5) is 4.33. The predicted molar refractivity (Wildman–Crippen MR) is 57.8 cm³/mol. The summed E-state index contributed by atoms with van der Waals surface area (Å²) in [7, 11) is 0. The summed E-state index contributed by atoms with van der Waals surface area (Å²) in [6.45, 7) is 2.03. The first kappa shape index (κ1) is 9.67. The Balaban J connectivity index is 2.51. The smallest absolute Gasteiger partial charge is 0.100 e. The van der Waals surface area contributed by atoms with Gasteiger partial charge in [0.15, 0.2) is 0 Å². The number of hydrogen-bond donors (Lipinski definition) is 0. The molecule has 1 saturated carbocycles. The summed E-state index contributed by atoms with van der Waals surface area (Å²) in [6.07, 6.45) is 4.81. The standard InChI is InChI=1S/C11H11BrN2/c1-8-3-6-14-10(9(8)12)11(7-13)4-2-5-11/h3,6H,2,4-5H2,1H3. The minimum atomic E-state index is -0.315. The van der Waals surface area contributed by atoms with Crippen LogP contribution in [0.15, 0.2) is 16.7 Å². The molecule has 0 N–H and O–H groups in total. The van der Waals surface area contributed by atoms with Crippen molar-refractivity contribution in [2.75, 3.05) is 0 Å². The van der Waals surface area contributed by atoms with Crippen molar-refractivity contribution < 1.29 is 0 Å². The summed E-state index contributed by atoms with van der Waals surface area (Å²) in [5, 5.41) is 9.19. The Bertz CT molecular complexity index is 402. The average molecular weight is 251 g/mol. The lowest BCUT2D eigenvalue weighted by molar-refractivity contribution is 0.314. The Morgan fingerprint density at radius 2 is 2.29 bits per heavy atom. The van der Waals surface area contributed by atoms with Crippen LogP contribution in [0.4, 0.5) is 0 Å². The summed E-state index contributed by atoms with van der Waals surface area (Å²) in [5.41, 5.74) is 1.76. The molecule has 0 bridgehead atoms. The van der Waals surface area contributed by atoms with Crippen LogP contribution in [0.1, 0.15) is 30.5 Å². The summed E-state index contributed by atoms with van der Waals surface area (Å²) in [6, 6.07) is 4.36. The van der Waals surface area contributed by atoms with Gasteiger partial charge >= 0.3 is 0 Å². The average Bonchev–Trinajstić information content (AvgIpc) is 2.11. The Kier molecular flexibility index (Phi) is 2.32. The number of rotatable bonds is 1. The van der Waals surface area contributed by atoms with Crippen LogP contribution in [-0.4, -0.2) is 4.98 Å². The first-order chi connectivity index (χ1) is 6.69. The molecule has 72 valence electrons. The highest BCUT2D eigenvalue weighted by atomic mass is 79.9. The molecule has 1 aromatic heterocycles. The minimum absolute atomic E-state index is 0.315. The normalized spacial score (nSPS) is 18.4. The molecule has 0 saturated heterocycles. The largest absolute Gasteiger partial charge is 0.258 e. The molecular formula is C11H11BrN2. The molecule has 1 aromatic rings. The zero-order valence-corrected chi connectivity index (χ0v) is 9.63. The van der Waals surface area contributed by atoms with Gasteiger partial charge in [0, 0.05) is 10.7 Å². The van der Waals surface area contributed by atoms with E-state index in [1.165, 1.54) is 0 Å². The second-order valence-corrected chi connectivity index (χ2v) is 4.63. The molecule has 1 heterocycles. The van der Waals surface area contributed by atoms with Crippen molar-refractivity contribution in [1.82, 2.24) is 4.98 Å². The van der Waals surface area contributed by atoms with Crippen molar-refractivity contribution in [3.8, 4) is 6.07 Å². The zero-order valence-electron chi connectivity index (χ0n) is 8.05. The van der Waals surface area contributed by atoms with Crippen molar-refractivity contribution in [2.45, 2.75) is 31.6 Å². The van der Waals surface area contributed by atoms with Gasteiger partial charge in [-0.3, -0.25) is 4.98 Å². The molecule has 1 aliphatic carbocycles. The summed E-state index contributed by atoms with van der Waals surface area (Å²) in [5.74, 6) is 0. The van der Waals surface area contributed by atoms with Crippen LogP contribution in [0.3, 0.4) is 0 Å². The molecule has 14 heavy (non-hydrogen) atoms. The molecule has 0 spiro atoms. The number of halogens is 1. The van der Waals surface area contributed by atoms with Crippen molar-refractivity contribution in [3.05, 3.63) is 28.0 Å². The second kappa shape index (κ2) is 3.36. The number of hydrogen-bond acceptors (Lipinski definition) is 2. The molecule has 0 amide bonds. The van der Waals surface area contributed by atoms with Gasteiger partial charge in [-0.05, 0) is 53.7 Å². The molecule has 0 unspecified atom stereocenters. The van der Waals surface area contributed by atoms with E-state index in [-0.39, 0.29) is 5.41 Å². The fraction of sp³-hybridized carbons (Fsp3) is 0.455. The van der Waals surface area contributed by atoms with Crippen molar-refractivity contribution in [2.24, 2.45) is 0 Å². The van der Waals surface area contributed by atoms with Crippen LogP contribution in [-0.2, 0) is 5.41 Å². The number of nitriles is 1. The van der Waals surface area contributed by atoms with E-state index in [4.69, 9.17) is 0 Å². The Hall–Kier alpha value is -0.880. The Morgan fingerprint density at radius 3 is 2.79 bits per heavy atom. The van der Waals surface area contributed by atoms with E-state index >= 15 is 0 Å². The van der Waals surface area contributed by atoms with Crippen molar-refractivity contribution in [1.29, 1.82) is 5.26 Å². The van der Waals surface area contributed by atoms with Gasteiger partial charge in [0.25, 0.3) is 0 Å². The Labute approximate surface area is 92.1 Å². The van der Waals surface area contributed by atoms with E-state index in [9.17, 15) is 5.26 Å². The van der Waals surface area contributed by atoms with Crippen LogP contribution < -0.4 is 0 Å². The monoisotopic (exact) mass is 250 g/mol. The Morgan fingerprint density at radius 1 is 1.57 bits per heavy atom. The lowest BCUT2D eigenvalue weighted by Crippen LogP contribution is -2.33. The minimum Gasteiger partial charge on any atom is -0.258 e. The van der Waals surface area contributed by atoms with Gasteiger partial charge < -0.3 is 0 Å². The first-order valence-electron chi connectivity index (χ1n) is 4.72. The molecule has 1 aliphatic rings. The van der Waals surface area contributed by atoms with Gasteiger partial charge in [0.05, 0.1) is 11.8 Å². The molecule has 0 atom stereocenters. The highest BCUT2D eigenvalue weighted by molar-refractivity contribution is 9.10. The zero-order chi connectivity index (χ0) is 10.2. The van der Waals surface area contributed by atoms with Crippen LogP contribution in [0.25, 0.3) is 0 Å². The van der Waals surface area contributed by atoms with Gasteiger partial charge in [-0.25, -0.2) is 0 Å². The predicted octanol–water partition coefficient (Wildman–Crippen LogP) is 3.10. The van der Waals surface area contributed by atoms with Gasteiger partial charge in [-0.15, -0.1) is 0 Å². The number of aromatic nitrogens is 1. The van der Waals surface area contributed by atoms with E-state index in [2.05, 4.69) is 27.0 Å². The fourth-order valence-electron chi connectivity index (χ4n) is 1.81. The molecule has 3 heteroatoms. The third-order valence-electron chi connectivity index (χ3n) is 2.96. The molecule has 0 aliphatic heterocycles. The number of nitrogens with zero attached hydrogens (tertiary/aromatic N) is 2.